The Hall–Kier alpha value is -8.47. The van der Waals surface area contributed by atoms with Gasteiger partial charge in [0.15, 0.2) is 30.6 Å². The Morgan fingerprint density at radius 1 is 0.755 bits per heavy atom. The fourth-order valence-electron chi connectivity index (χ4n) is 10.9. The zero-order valence-corrected chi connectivity index (χ0v) is 57.7. The number of thiazole rings is 2. The molecule has 6 heterocycles. The molecule has 7 rings (SSSR count). The summed E-state index contributed by atoms with van der Waals surface area (Å²) in [4.78, 5) is 131. The maximum absolute atomic E-state index is 15.2. The second-order valence-electron chi connectivity index (χ2n) is 24.5. The fraction of sp³-hybridized carbons (Fsp3) is 0.557. The summed E-state index contributed by atoms with van der Waals surface area (Å²) >= 11 is 2.52. The van der Waals surface area contributed by atoms with E-state index >= 15 is 4.79 Å². The number of amides is 8. The lowest BCUT2D eigenvalue weighted by atomic mass is 9.96. The van der Waals surface area contributed by atoms with Gasteiger partial charge in [0, 0.05) is 47.8 Å². The number of anilines is 1. The molecule has 20 atom stereocenters. The molecule has 102 heavy (non-hydrogen) atoms. The first-order valence-corrected chi connectivity index (χ1v) is 34.1. The molecule has 2 aliphatic heterocycles. The monoisotopic (exact) mass is 1470 g/mol. The Bertz CT molecular complexity index is 3620. The van der Waals surface area contributed by atoms with Crippen molar-refractivity contribution in [2.24, 2.45) is 28.9 Å². The third kappa shape index (κ3) is 21.3. The van der Waals surface area contributed by atoms with Crippen LogP contribution in [0.4, 0.5) is 10.6 Å². The largest absolute Gasteiger partial charge is 0.441 e. The first-order valence-electron chi connectivity index (χ1n) is 32.4. The Kier molecular flexibility index (Phi) is 29.8. The van der Waals surface area contributed by atoms with Crippen LogP contribution in [0.15, 0.2) is 53.6 Å². The summed E-state index contributed by atoms with van der Waals surface area (Å²) in [7, 11) is 0. The SMILES string of the molecule is Cc1c(N)nc(C(CC(N)=O)[NH2+]CC(N)C(N)=O)nc1C(=O)NC(C(=O)NC(C)C(O)C(C)C(=O)NC(C(=O)NCCc1nc(-c2nc(C(=O)NCCC[NH2+]C(C)c3ccccc3)cs2)cs1)C(C)O)C(OC1OC(CO)C(O)C(O)C1OC1OC(CO)C(O)C(OC(N)=O)C1O)c1cnc[nH]1. The molecular weight excluding hydrogens is 1380 g/mol. The van der Waals surface area contributed by atoms with Gasteiger partial charge in [-0.3, -0.25) is 33.6 Å². The van der Waals surface area contributed by atoms with Gasteiger partial charge in [-0.05, 0) is 27.7 Å². The van der Waals surface area contributed by atoms with Gasteiger partial charge in [-0.1, -0.05) is 37.3 Å². The Morgan fingerprint density at radius 2 is 1.45 bits per heavy atom. The molecule has 560 valence electrons. The lowest BCUT2D eigenvalue weighted by Crippen LogP contribution is -2.89. The van der Waals surface area contributed by atoms with Crippen LogP contribution in [-0.4, -0.2) is 255 Å². The van der Waals surface area contributed by atoms with Gasteiger partial charge in [-0.15, -0.1) is 22.7 Å². The van der Waals surface area contributed by atoms with Gasteiger partial charge in [0.25, 0.3) is 11.8 Å². The van der Waals surface area contributed by atoms with Crippen LogP contribution >= 0.6 is 22.7 Å². The second-order valence-corrected chi connectivity index (χ2v) is 26.3. The highest BCUT2D eigenvalue weighted by Crippen LogP contribution is 2.35. The third-order valence-corrected chi connectivity index (χ3v) is 18.7. The molecule has 1 aromatic carbocycles. The van der Waals surface area contributed by atoms with Crippen molar-refractivity contribution in [3.05, 3.63) is 92.7 Å². The molecule has 2 aliphatic rings. The summed E-state index contributed by atoms with van der Waals surface area (Å²) in [6.45, 7) is 6.18. The number of carbonyl (C=O) groups is 8. The number of rotatable bonds is 37. The van der Waals surface area contributed by atoms with Crippen LogP contribution in [0.3, 0.4) is 0 Å². The lowest BCUT2D eigenvalue weighted by molar-refractivity contribution is -0.696. The summed E-state index contributed by atoms with van der Waals surface area (Å²) < 4.78 is 28.8. The first kappa shape index (κ1) is 80.8. The van der Waals surface area contributed by atoms with E-state index in [4.69, 9.17) is 52.4 Å². The van der Waals surface area contributed by atoms with Crippen LogP contribution in [-0.2, 0) is 54.1 Å². The number of hydrogen-bond acceptors (Lipinski definition) is 30. The highest BCUT2D eigenvalue weighted by molar-refractivity contribution is 7.14. The van der Waals surface area contributed by atoms with E-state index in [0.717, 1.165) is 25.5 Å². The molecule has 0 spiro atoms. The van der Waals surface area contributed by atoms with Crippen molar-refractivity contribution in [2.45, 2.75) is 170 Å². The van der Waals surface area contributed by atoms with Crippen LogP contribution in [0.2, 0.25) is 0 Å². The Labute approximate surface area is 590 Å². The zero-order valence-electron chi connectivity index (χ0n) is 56.1. The van der Waals surface area contributed by atoms with Crippen molar-refractivity contribution >= 4 is 75.9 Å². The predicted molar refractivity (Wildman–Crippen MR) is 355 cm³/mol. The van der Waals surface area contributed by atoms with Gasteiger partial charge in [0.2, 0.25) is 29.5 Å². The maximum Gasteiger partial charge on any atom is 0.404 e. The number of nitrogens with two attached hydrogens (primary N) is 7. The van der Waals surface area contributed by atoms with Gasteiger partial charge in [-0.25, -0.2) is 29.7 Å². The number of carbonyl (C=O) groups excluding carboxylic acids is 8. The number of imidazole rings is 1. The van der Waals surface area contributed by atoms with E-state index < -0.39 is 183 Å². The number of aromatic nitrogens is 6. The Morgan fingerprint density at radius 3 is 2.10 bits per heavy atom. The first-order chi connectivity index (χ1) is 48.4. The molecule has 0 saturated carbocycles. The number of aliphatic hydroxyl groups is 8. The molecule has 0 radical (unpaired) electrons. The normalized spacial score (nSPS) is 23.5. The quantitative estimate of drug-likeness (QED) is 0.0164. The number of H-pyrrole nitrogens is 1. The molecule has 5 aromatic rings. The van der Waals surface area contributed by atoms with Crippen molar-refractivity contribution in [1.82, 2.24) is 56.5 Å². The van der Waals surface area contributed by atoms with E-state index in [0.29, 0.717) is 22.3 Å². The van der Waals surface area contributed by atoms with Crippen LogP contribution in [0.1, 0.15) is 107 Å². The van der Waals surface area contributed by atoms with Gasteiger partial charge < -0.3 is 135 Å². The minimum atomic E-state index is -2.20. The summed E-state index contributed by atoms with van der Waals surface area (Å²) in [5.74, 6) is -8.56. The van der Waals surface area contributed by atoms with Crippen molar-refractivity contribution in [2.75, 3.05) is 45.1 Å². The molecule has 0 aliphatic carbocycles. The van der Waals surface area contributed by atoms with E-state index in [2.05, 4.69) is 80.9 Å². The average Bonchev–Trinajstić information content (AvgIpc) is 1.13. The molecular formula is C61H90N18O21S2+2. The number of primary amides is 3. The van der Waals surface area contributed by atoms with Crippen molar-refractivity contribution < 1.29 is 114 Å². The smallest absolute Gasteiger partial charge is 0.404 e. The van der Waals surface area contributed by atoms with Gasteiger partial charge in [-0.2, -0.15) is 0 Å². The number of ether oxygens (including phenoxy) is 5. The van der Waals surface area contributed by atoms with Crippen LogP contribution in [0.25, 0.3) is 10.7 Å². The van der Waals surface area contributed by atoms with E-state index in [1.165, 1.54) is 61.2 Å². The van der Waals surface area contributed by atoms with Gasteiger partial charge in [0.05, 0.1) is 73.6 Å². The number of nitrogens with zero attached hydrogens (tertiary/aromatic N) is 5. The van der Waals surface area contributed by atoms with Crippen LogP contribution in [0, 0.1) is 12.8 Å². The van der Waals surface area contributed by atoms with E-state index in [1.807, 2.05) is 18.2 Å². The Balaban J connectivity index is 1.08. The molecule has 2 fully saturated rings. The van der Waals surface area contributed by atoms with Crippen LogP contribution in [0.5, 0.6) is 0 Å². The highest BCUT2D eigenvalue weighted by atomic mass is 32.1. The number of nitrogen functional groups attached to an aromatic ring is 1. The van der Waals surface area contributed by atoms with Gasteiger partial charge >= 0.3 is 6.09 Å². The molecule has 28 N–H and O–H groups in total. The van der Waals surface area contributed by atoms with Crippen LogP contribution < -0.4 is 65.9 Å². The number of aliphatic hydroxyl groups excluding tert-OH is 8. The van der Waals surface area contributed by atoms with Crippen molar-refractivity contribution in [1.29, 1.82) is 0 Å². The fourth-order valence-corrected chi connectivity index (χ4v) is 12.5. The summed E-state index contributed by atoms with van der Waals surface area (Å²) in [5, 5.41) is 109. The highest BCUT2D eigenvalue weighted by Gasteiger charge is 2.54. The lowest BCUT2D eigenvalue weighted by Gasteiger charge is -2.47. The molecule has 2 saturated heterocycles. The standard InChI is InChI=1S/C61H88N18O21S2/c1-24-39(76-52(79-50(24)64)31(16-37(63)83)71-17-30(62)51(65)89)56(93)78-41(47(32-18-67-23-72-32)98-60-49(45(87)43(85)35(19-80)97-60)99-59-46(88)48(100-61(66)95)44(86)36(20-81)96-59)57(94)73-27(4)42(84)25(2)53(90)77-40(28(5)82)55(92)70-15-12-38-74-34(22-101-38)58-75-33(21-102-58)54(91)69-14-9-13-68-26(3)29-10-7-6-8-11-29/h6-8,10-11,18,21-23,25-28,30-31,35-36,40-49,59-60,68,71,80-82,84-88H,9,12-17,19-20,62H2,1-5H3,(H2,63,83)(H2,65,89)(H2,66,95)(H,67,72)(H,69,91)(H,70,92)(H,73,94)(H,77,90)(H,78,93)(H2,64,76,79)/p+2. The topological polar surface area (TPSA) is 648 Å². The third-order valence-electron chi connectivity index (χ3n) is 16.9. The maximum atomic E-state index is 15.2. The summed E-state index contributed by atoms with van der Waals surface area (Å²) in [6.07, 6.45) is -24.3. The molecule has 20 unspecified atom stereocenters. The predicted octanol–water partition coefficient (Wildman–Crippen LogP) is -8.28. The minimum Gasteiger partial charge on any atom is -0.441 e. The van der Waals surface area contributed by atoms with Gasteiger partial charge in [0.1, 0.15) is 107 Å². The molecule has 41 heteroatoms. The number of hydrogen-bond donors (Lipinski definition) is 21. The zero-order chi connectivity index (χ0) is 74.8. The average molecular weight is 1480 g/mol. The number of quaternary nitrogens is 2. The number of nitrogens with one attached hydrogen (secondary N) is 6. The molecule has 8 amide bonds. The number of benzene rings is 1. The summed E-state index contributed by atoms with van der Waals surface area (Å²) in [5.41, 5.74) is 29.4. The molecule has 39 nitrogen and oxygen atoms in total. The van der Waals surface area contributed by atoms with E-state index in [9.17, 15) is 74.4 Å². The molecule has 0 bridgehead atoms. The van der Waals surface area contributed by atoms with E-state index in [1.54, 1.807) is 10.8 Å². The molecule has 4 aromatic heterocycles. The van der Waals surface area contributed by atoms with Crippen molar-refractivity contribution in [3.63, 3.8) is 0 Å². The summed E-state index contributed by atoms with van der Waals surface area (Å²) in [6, 6.07) is 2.70. The minimum absolute atomic E-state index is 0.0129. The number of aromatic amines is 1. The second kappa shape index (κ2) is 37.6. The van der Waals surface area contributed by atoms with E-state index in [-0.39, 0.29) is 60.1 Å². The van der Waals surface area contributed by atoms with Crippen molar-refractivity contribution in [3.8, 4) is 10.7 Å².